The Hall–Kier alpha value is -2.21. The van der Waals surface area contributed by atoms with Crippen LogP contribution in [0.3, 0.4) is 0 Å². The van der Waals surface area contributed by atoms with Crippen molar-refractivity contribution >= 4 is 11.6 Å². The molecule has 24 heavy (non-hydrogen) atoms. The van der Waals surface area contributed by atoms with Gasteiger partial charge in [-0.2, -0.15) is 0 Å². The third-order valence-corrected chi connectivity index (χ3v) is 5.21. The van der Waals surface area contributed by atoms with Gasteiger partial charge in [0.15, 0.2) is 0 Å². The third kappa shape index (κ3) is 3.06. The molecule has 0 radical (unpaired) electrons. The molecular weight excluding hydrogens is 302 g/mol. The van der Waals surface area contributed by atoms with Crippen LogP contribution >= 0.6 is 0 Å². The summed E-state index contributed by atoms with van der Waals surface area (Å²) >= 11 is 0. The van der Waals surface area contributed by atoms with Gasteiger partial charge in [0, 0.05) is 30.9 Å². The van der Waals surface area contributed by atoms with Gasteiger partial charge < -0.3 is 9.80 Å². The Morgan fingerprint density at radius 1 is 1.12 bits per heavy atom. The summed E-state index contributed by atoms with van der Waals surface area (Å²) in [7, 11) is 0. The molecule has 6 heteroatoms. The molecule has 2 aromatic rings. The molecule has 1 saturated heterocycles. The summed E-state index contributed by atoms with van der Waals surface area (Å²) in [6.45, 7) is 4.64. The standard InChI is InChI=1S/C18H23N5O/c24-18(23-11-7-15-3-1-2-4-17(15)23)16-5-9-21(10-6-16)13-14-22-12-8-19-20-22/h1-4,8,12,16H,5-7,9-11,13-14H2. The monoisotopic (exact) mass is 325 g/mol. The molecule has 0 N–H and O–H groups in total. The fourth-order valence-corrected chi connectivity index (χ4v) is 3.79. The molecule has 6 nitrogen and oxygen atoms in total. The predicted molar refractivity (Wildman–Crippen MR) is 91.7 cm³/mol. The van der Waals surface area contributed by atoms with E-state index in [4.69, 9.17) is 0 Å². The first-order valence-corrected chi connectivity index (χ1v) is 8.77. The number of rotatable bonds is 4. The zero-order chi connectivity index (χ0) is 16.4. The van der Waals surface area contributed by atoms with E-state index in [-0.39, 0.29) is 5.92 Å². The van der Waals surface area contributed by atoms with E-state index < -0.39 is 0 Å². The van der Waals surface area contributed by atoms with E-state index in [2.05, 4.69) is 33.4 Å². The second-order valence-corrected chi connectivity index (χ2v) is 6.65. The van der Waals surface area contributed by atoms with Crippen LogP contribution in [0.25, 0.3) is 0 Å². The van der Waals surface area contributed by atoms with Crippen LogP contribution in [0.2, 0.25) is 0 Å². The number of para-hydroxylation sites is 1. The fraction of sp³-hybridized carbons (Fsp3) is 0.500. The molecule has 0 aliphatic carbocycles. The number of fused-ring (bicyclic) bond motifs is 1. The minimum Gasteiger partial charge on any atom is -0.312 e. The van der Waals surface area contributed by atoms with Gasteiger partial charge in [-0.3, -0.25) is 9.48 Å². The van der Waals surface area contributed by atoms with E-state index in [0.29, 0.717) is 5.91 Å². The zero-order valence-electron chi connectivity index (χ0n) is 13.8. The Balaban J connectivity index is 1.30. The van der Waals surface area contributed by atoms with Crippen molar-refractivity contribution in [3.63, 3.8) is 0 Å². The summed E-state index contributed by atoms with van der Waals surface area (Å²) in [6, 6.07) is 8.29. The average Bonchev–Trinajstić information content (AvgIpc) is 3.29. The number of piperidine rings is 1. The molecule has 2 aliphatic rings. The van der Waals surface area contributed by atoms with E-state index in [1.165, 1.54) is 5.56 Å². The van der Waals surface area contributed by atoms with Crippen LogP contribution in [-0.2, 0) is 17.8 Å². The highest BCUT2D eigenvalue weighted by Crippen LogP contribution is 2.30. The van der Waals surface area contributed by atoms with Crippen molar-refractivity contribution in [3.05, 3.63) is 42.2 Å². The zero-order valence-corrected chi connectivity index (χ0v) is 13.8. The van der Waals surface area contributed by atoms with E-state index in [0.717, 1.165) is 57.7 Å². The number of carbonyl (C=O) groups excluding carboxylic acids is 1. The Morgan fingerprint density at radius 2 is 1.96 bits per heavy atom. The fourth-order valence-electron chi connectivity index (χ4n) is 3.79. The summed E-state index contributed by atoms with van der Waals surface area (Å²) in [5.41, 5.74) is 2.42. The number of carbonyl (C=O) groups is 1. The first-order chi connectivity index (χ1) is 11.8. The summed E-state index contributed by atoms with van der Waals surface area (Å²) in [5, 5.41) is 7.82. The molecule has 3 heterocycles. The maximum Gasteiger partial charge on any atom is 0.230 e. The van der Waals surface area contributed by atoms with Gasteiger partial charge in [-0.1, -0.05) is 23.4 Å². The summed E-state index contributed by atoms with van der Waals surface area (Å²) in [4.78, 5) is 17.3. The van der Waals surface area contributed by atoms with Gasteiger partial charge in [0.2, 0.25) is 5.91 Å². The summed E-state index contributed by atoms with van der Waals surface area (Å²) in [6.07, 6.45) is 6.49. The van der Waals surface area contributed by atoms with Crippen LogP contribution in [0.15, 0.2) is 36.7 Å². The van der Waals surface area contributed by atoms with Crippen LogP contribution in [-0.4, -0.2) is 52.0 Å². The highest BCUT2D eigenvalue weighted by atomic mass is 16.2. The molecule has 0 unspecified atom stereocenters. The van der Waals surface area contributed by atoms with Gasteiger partial charge >= 0.3 is 0 Å². The van der Waals surface area contributed by atoms with Crippen LogP contribution in [0.1, 0.15) is 18.4 Å². The Bertz CT molecular complexity index is 691. The molecule has 1 aromatic heterocycles. The molecule has 1 fully saturated rings. The van der Waals surface area contributed by atoms with Crippen molar-refractivity contribution in [2.75, 3.05) is 31.1 Å². The Morgan fingerprint density at radius 3 is 2.75 bits per heavy atom. The van der Waals surface area contributed by atoms with Crippen molar-refractivity contribution in [3.8, 4) is 0 Å². The minimum absolute atomic E-state index is 0.166. The van der Waals surface area contributed by atoms with Crippen molar-refractivity contribution in [1.82, 2.24) is 19.9 Å². The number of hydrogen-bond acceptors (Lipinski definition) is 4. The lowest BCUT2D eigenvalue weighted by molar-refractivity contribution is -0.123. The quantitative estimate of drug-likeness (QED) is 0.856. The minimum atomic E-state index is 0.166. The molecule has 126 valence electrons. The van der Waals surface area contributed by atoms with Crippen molar-refractivity contribution in [2.45, 2.75) is 25.8 Å². The molecule has 0 bridgehead atoms. The van der Waals surface area contributed by atoms with Crippen LogP contribution in [0, 0.1) is 5.92 Å². The van der Waals surface area contributed by atoms with E-state index in [9.17, 15) is 4.79 Å². The molecule has 1 aromatic carbocycles. The van der Waals surface area contributed by atoms with Crippen LogP contribution in [0.5, 0.6) is 0 Å². The van der Waals surface area contributed by atoms with Crippen LogP contribution < -0.4 is 4.90 Å². The normalized spacial score (nSPS) is 18.8. The van der Waals surface area contributed by atoms with Gasteiger partial charge in [-0.25, -0.2) is 0 Å². The number of benzene rings is 1. The van der Waals surface area contributed by atoms with E-state index in [1.807, 2.05) is 21.8 Å². The van der Waals surface area contributed by atoms with Gasteiger partial charge in [-0.15, -0.1) is 5.10 Å². The number of hydrogen-bond donors (Lipinski definition) is 0. The van der Waals surface area contributed by atoms with Gasteiger partial charge in [-0.05, 0) is 44.0 Å². The van der Waals surface area contributed by atoms with Gasteiger partial charge in [0.1, 0.15) is 0 Å². The number of amides is 1. The largest absolute Gasteiger partial charge is 0.312 e. The van der Waals surface area contributed by atoms with Crippen molar-refractivity contribution in [1.29, 1.82) is 0 Å². The number of aromatic nitrogens is 3. The highest BCUT2D eigenvalue weighted by Gasteiger charge is 2.32. The topological polar surface area (TPSA) is 54.3 Å². The first-order valence-electron chi connectivity index (χ1n) is 8.77. The number of anilines is 1. The van der Waals surface area contributed by atoms with Crippen molar-refractivity contribution < 1.29 is 4.79 Å². The molecule has 0 saturated carbocycles. The van der Waals surface area contributed by atoms with Gasteiger partial charge in [0.05, 0.1) is 12.7 Å². The molecule has 2 aliphatic heterocycles. The number of likely N-dealkylation sites (tertiary alicyclic amines) is 1. The first kappa shape index (κ1) is 15.3. The third-order valence-electron chi connectivity index (χ3n) is 5.21. The molecule has 0 atom stereocenters. The maximum atomic E-state index is 12.9. The second kappa shape index (κ2) is 6.73. The lowest BCUT2D eigenvalue weighted by atomic mass is 9.95. The SMILES string of the molecule is O=C(C1CCN(CCn2ccnn2)CC1)N1CCc2ccccc21. The van der Waals surface area contributed by atoms with E-state index >= 15 is 0 Å². The molecule has 4 rings (SSSR count). The lowest BCUT2D eigenvalue weighted by Crippen LogP contribution is -2.43. The van der Waals surface area contributed by atoms with E-state index in [1.54, 1.807) is 6.20 Å². The predicted octanol–water partition coefficient (Wildman–Crippen LogP) is 1.58. The molecule has 1 amide bonds. The maximum absolute atomic E-state index is 12.9. The van der Waals surface area contributed by atoms with Gasteiger partial charge in [0.25, 0.3) is 0 Å². The molecule has 0 spiro atoms. The lowest BCUT2D eigenvalue weighted by Gasteiger charge is -2.33. The van der Waals surface area contributed by atoms with Crippen molar-refractivity contribution in [2.24, 2.45) is 5.92 Å². The van der Waals surface area contributed by atoms with Crippen LogP contribution in [0.4, 0.5) is 5.69 Å². The number of nitrogens with zero attached hydrogens (tertiary/aromatic N) is 5. The summed E-state index contributed by atoms with van der Waals surface area (Å²) in [5.74, 6) is 0.481. The smallest absolute Gasteiger partial charge is 0.230 e. The average molecular weight is 325 g/mol. The Labute approximate surface area is 142 Å². The summed E-state index contributed by atoms with van der Waals surface area (Å²) < 4.78 is 1.86. The molecular formula is C18H23N5O. The highest BCUT2D eigenvalue weighted by molar-refractivity contribution is 5.97. The Kier molecular flexibility index (Phi) is 4.30. The second-order valence-electron chi connectivity index (χ2n) is 6.65.